The van der Waals surface area contributed by atoms with Crippen LogP contribution in [0.3, 0.4) is 0 Å². The highest BCUT2D eigenvalue weighted by atomic mass is 16.6. The fraction of sp³-hybridized carbons (Fsp3) is 0.618. The molecule has 0 aliphatic rings. The first-order chi connectivity index (χ1) is 30.6. The molecule has 0 aromatic rings. The van der Waals surface area contributed by atoms with Gasteiger partial charge in [-0.15, -0.1) is 0 Å². The van der Waals surface area contributed by atoms with E-state index in [9.17, 15) is 19.5 Å². The molecule has 0 aliphatic carbocycles. The van der Waals surface area contributed by atoms with Crippen LogP contribution in [0.2, 0.25) is 0 Å². The van der Waals surface area contributed by atoms with Crippen LogP contribution in [-0.2, 0) is 28.6 Å². The van der Waals surface area contributed by atoms with E-state index in [-0.39, 0.29) is 55.5 Å². The molecule has 0 bridgehead atoms. The molecule has 2 atom stereocenters. The zero-order chi connectivity index (χ0) is 46.3. The molecule has 0 rings (SSSR count). The lowest BCUT2D eigenvalue weighted by molar-refractivity contribution is -0.889. The van der Waals surface area contributed by atoms with Crippen molar-refractivity contribution in [1.82, 2.24) is 0 Å². The van der Waals surface area contributed by atoms with Crippen molar-refractivity contribution in [2.45, 2.75) is 180 Å². The van der Waals surface area contributed by atoms with Gasteiger partial charge in [-0.3, -0.25) is 9.59 Å². The van der Waals surface area contributed by atoms with Crippen molar-refractivity contribution in [3.05, 3.63) is 109 Å². The van der Waals surface area contributed by atoms with E-state index >= 15 is 0 Å². The van der Waals surface area contributed by atoms with E-state index in [2.05, 4.69) is 123 Å². The predicted molar refractivity (Wildman–Crippen MR) is 263 cm³/mol. The minimum atomic E-state index is -1.14. The number of aliphatic carboxylic acids is 1. The molecule has 0 amide bonds. The lowest BCUT2D eigenvalue weighted by Crippen LogP contribution is -2.55. The molecule has 0 saturated heterocycles. The van der Waals surface area contributed by atoms with Crippen LogP contribution in [0.15, 0.2) is 109 Å². The van der Waals surface area contributed by atoms with Crippen LogP contribution in [0.1, 0.15) is 168 Å². The molecule has 63 heavy (non-hydrogen) atoms. The van der Waals surface area contributed by atoms with Crippen molar-refractivity contribution in [1.29, 1.82) is 0 Å². The molecule has 8 nitrogen and oxygen atoms in total. The maximum absolute atomic E-state index is 12.8. The van der Waals surface area contributed by atoms with E-state index in [1.54, 1.807) is 21.1 Å². The second-order valence-electron chi connectivity index (χ2n) is 17.0. The van der Waals surface area contributed by atoms with Crippen LogP contribution in [0.4, 0.5) is 0 Å². The minimum Gasteiger partial charge on any atom is -0.544 e. The summed E-state index contributed by atoms with van der Waals surface area (Å²) in [5.41, 5.74) is 0. The van der Waals surface area contributed by atoms with Gasteiger partial charge in [-0.1, -0.05) is 162 Å². The summed E-state index contributed by atoms with van der Waals surface area (Å²) in [6, 6.07) is -0.747. The third kappa shape index (κ3) is 43.0. The zero-order valence-electron chi connectivity index (χ0n) is 40.4. The number of hydrogen-bond acceptors (Lipinski definition) is 7. The van der Waals surface area contributed by atoms with Gasteiger partial charge in [-0.2, -0.15) is 0 Å². The normalized spacial score (nSPS) is 13.9. The number of carboxylic acids is 1. The number of carbonyl (C=O) groups is 3. The number of likely N-dealkylation sites (N-methyl/N-ethyl adjacent to an activating group) is 1. The molecule has 0 spiro atoms. The summed E-state index contributed by atoms with van der Waals surface area (Å²) in [6.45, 7) is 4.43. The second-order valence-corrected chi connectivity index (χ2v) is 17.0. The van der Waals surface area contributed by atoms with Crippen LogP contribution in [0.25, 0.3) is 0 Å². The van der Waals surface area contributed by atoms with Crippen molar-refractivity contribution >= 4 is 17.9 Å². The van der Waals surface area contributed by atoms with Crippen LogP contribution in [0, 0.1) is 0 Å². The Kier molecular flexibility index (Phi) is 41.8. The van der Waals surface area contributed by atoms with Gasteiger partial charge < -0.3 is 28.6 Å². The fourth-order valence-corrected chi connectivity index (χ4v) is 6.38. The average Bonchev–Trinajstić information content (AvgIpc) is 3.24. The Morgan fingerprint density at radius 1 is 0.492 bits per heavy atom. The van der Waals surface area contributed by atoms with Crippen molar-refractivity contribution < 1.29 is 38.2 Å². The molecule has 356 valence electrons. The maximum atomic E-state index is 12.8. The highest BCUT2D eigenvalue weighted by molar-refractivity contribution is 5.70. The number of carbonyl (C=O) groups excluding carboxylic acids is 3. The second kappa shape index (κ2) is 44.6. The number of unbranched alkanes of at least 4 members (excludes halogenated alkanes) is 10. The Labute approximate surface area is 385 Å². The Morgan fingerprint density at radius 2 is 0.905 bits per heavy atom. The van der Waals surface area contributed by atoms with E-state index in [4.69, 9.17) is 14.2 Å². The first kappa shape index (κ1) is 59.0. The monoisotopic (exact) mass is 876 g/mol. The fourth-order valence-electron chi connectivity index (χ4n) is 6.38. The van der Waals surface area contributed by atoms with E-state index in [1.165, 1.54) is 44.9 Å². The summed E-state index contributed by atoms with van der Waals surface area (Å²) in [4.78, 5) is 37.0. The molecule has 2 unspecified atom stereocenters. The van der Waals surface area contributed by atoms with E-state index in [0.717, 1.165) is 77.0 Å². The Balaban J connectivity index is 4.46. The molecule has 0 aromatic carbocycles. The van der Waals surface area contributed by atoms with E-state index in [1.807, 2.05) is 0 Å². The topological polar surface area (TPSA) is 102 Å². The quantitative estimate of drug-likeness (QED) is 0.0260. The third-order valence-electron chi connectivity index (χ3n) is 10.1. The first-order valence-corrected chi connectivity index (χ1v) is 24.4. The van der Waals surface area contributed by atoms with E-state index in [0.29, 0.717) is 12.8 Å². The van der Waals surface area contributed by atoms with Crippen molar-refractivity contribution in [3.8, 4) is 0 Å². The summed E-state index contributed by atoms with van der Waals surface area (Å²) in [7, 11) is 5.37. The SMILES string of the molecule is CC/C=C/C/C=C/C/C=C/C/C=C/C/C=C/C/C=C/CCCCCC(=O)OC(COCCC(C(=O)[O-])[N+](C)(C)C)COC(=O)CCC/C=C/C/C=C/C/C=C/CCCCCCCC. The van der Waals surface area contributed by atoms with Gasteiger partial charge in [0.1, 0.15) is 12.6 Å². The highest BCUT2D eigenvalue weighted by Crippen LogP contribution is 2.11. The largest absolute Gasteiger partial charge is 0.544 e. The Bertz CT molecular complexity index is 1390. The molecule has 0 aliphatic heterocycles. The molecule has 0 heterocycles. The van der Waals surface area contributed by atoms with Gasteiger partial charge in [0.05, 0.1) is 40.3 Å². The third-order valence-corrected chi connectivity index (χ3v) is 10.1. The maximum Gasteiger partial charge on any atom is 0.306 e. The van der Waals surface area contributed by atoms with Gasteiger partial charge >= 0.3 is 11.9 Å². The van der Waals surface area contributed by atoms with Crippen LogP contribution in [-0.4, -0.2) is 75.5 Å². The zero-order valence-corrected chi connectivity index (χ0v) is 40.4. The number of ether oxygens (including phenoxy) is 3. The molecule has 0 aromatic heterocycles. The van der Waals surface area contributed by atoms with Gasteiger partial charge in [-0.25, -0.2) is 0 Å². The number of rotatable bonds is 42. The summed E-state index contributed by atoms with van der Waals surface area (Å²) in [5, 5.41) is 11.7. The number of hydrogen-bond donors (Lipinski definition) is 0. The minimum absolute atomic E-state index is 0.00376. The first-order valence-electron chi connectivity index (χ1n) is 24.4. The average molecular weight is 876 g/mol. The lowest BCUT2D eigenvalue weighted by atomic mass is 10.1. The Hall–Kier alpha value is -4.01. The smallest absolute Gasteiger partial charge is 0.306 e. The standard InChI is InChI=1S/C55H89NO7/c1-6-8-10-12-14-16-18-20-22-24-25-26-27-28-30-32-34-36-38-40-42-44-46-54(58)63-51(49-61-48-47-52(55(59)60)56(3,4)5)50-62-53(57)45-43-41-39-37-35-33-31-29-23-21-19-17-15-13-11-9-7-2/h8,10,14,16,20-23,25-26,28,30-31,33-34,36-37,39,51-52H,6-7,9,11-13,15,17-19,24,27,29,32,35,38,40-50H2,1-5H3/b10-8+,16-14+,22-20+,23-21+,26-25+,30-28+,33-31+,36-34+,39-37+. The van der Waals surface area contributed by atoms with Gasteiger partial charge in [0.15, 0.2) is 6.10 Å². The van der Waals surface area contributed by atoms with Crippen molar-refractivity contribution in [3.63, 3.8) is 0 Å². The van der Waals surface area contributed by atoms with Crippen LogP contribution < -0.4 is 5.11 Å². The van der Waals surface area contributed by atoms with Gasteiger partial charge in [-0.05, 0) is 96.3 Å². The number of nitrogens with zero attached hydrogens (tertiary/aromatic N) is 1. The van der Waals surface area contributed by atoms with Gasteiger partial charge in [0.2, 0.25) is 0 Å². The highest BCUT2D eigenvalue weighted by Gasteiger charge is 2.25. The molecular formula is C55H89NO7. The molecule has 0 fully saturated rings. The molecule has 0 radical (unpaired) electrons. The van der Waals surface area contributed by atoms with Crippen LogP contribution >= 0.6 is 0 Å². The number of carboxylic acid groups (broad SMARTS) is 1. The summed E-state index contributed by atoms with van der Waals surface area (Å²) < 4.78 is 17.1. The van der Waals surface area contributed by atoms with Crippen LogP contribution in [0.5, 0.6) is 0 Å². The van der Waals surface area contributed by atoms with Crippen molar-refractivity contribution in [2.75, 3.05) is 41.0 Å². The predicted octanol–water partition coefficient (Wildman–Crippen LogP) is 12.7. The number of esters is 2. The molecule has 8 heteroatoms. The molecular weight excluding hydrogens is 787 g/mol. The summed E-state index contributed by atoms with van der Waals surface area (Å²) >= 11 is 0. The van der Waals surface area contributed by atoms with Gasteiger partial charge in [0.25, 0.3) is 0 Å². The van der Waals surface area contributed by atoms with Gasteiger partial charge in [0, 0.05) is 19.3 Å². The molecule has 0 N–H and O–H groups in total. The molecule has 0 saturated carbocycles. The number of quaternary nitrogens is 1. The van der Waals surface area contributed by atoms with Crippen molar-refractivity contribution in [2.24, 2.45) is 0 Å². The number of allylic oxidation sites excluding steroid dienone is 18. The lowest BCUT2D eigenvalue weighted by Gasteiger charge is -2.34. The summed E-state index contributed by atoms with van der Waals surface area (Å²) in [6.07, 6.45) is 61.3. The van der Waals surface area contributed by atoms with E-state index < -0.39 is 18.1 Å². The summed E-state index contributed by atoms with van der Waals surface area (Å²) in [5.74, 6) is -1.86. The Morgan fingerprint density at radius 3 is 1.37 bits per heavy atom.